The first-order valence-electron chi connectivity index (χ1n) is 9.26. The second kappa shape index (κ2) is 12.5. The number of ether oxygens (including phenoxy) is 1. The molecule has 0 saturated carbocycles. The highest BCUT2D eigenvalue weighted by molar-refractivity contribution is 9.10. The maximum absolute atomic E-state index is 8.36. The van der Waals surface area contributed by atoms with Gasteiger partial charge in [0, 0.05) is 22.5 Å². The van der Waals surface area contributed by atoms with Crippen molar-refractivity contribution in [3.63, 3.8) is 0 Å². The Morgan fingerprint density at radius 1 is 1.29 bits per heavy atom. The van der Waals surface area contributed by atoms with E-state index >= 15 is 0 Å². The molecular weight excluding hydrogens is 511 g/mol. The van der Waals surface area contributed by atoms with E-state index in [4.69, 9.17) is 43.3 Å². The Morgan fingerprint density at radius 2 is 2.03 bits per heavy atom. The molecule has 8 nitrogen and oxygen atoms in total. The van der Waals surface area contributed by atoms with Crippen molar-refractivity contribution in [2.45, 2.75) is 32.2 Å². The smallest absolute Gasteiger partial charge is 0.291 e. The van der Waals surface area contributed by atoms with Crippen molar-refractivity contribution in [3.8, 4) is 5.75 Å². The van der Waals surface area contributed by atoms with Crippen LogP contribution in [0.4, 0.5) is 0 Å². The molecule has 0 aliphatic carbocycles. The molecule has 11 heteroatoms. The van der Waals surface area contributed by atoms with Crippen molar-refractivity contribution >= 4 is 39.1 Å². The minimum Gasteiger partial charge on any atom is -0.492 e. The SMILES string of the molecule is Cc1ccc(OCCCC(Cn2cncn2)c2ccc(Cl)cc2Cl)c(Br)c1.O=[N+]([O-])O. The largest absolute Gasteiger partial charge is 0.492 e. The Kier molecular flexibility index (Phi) is 10.0. The zero-order chi connectivity index (χ0) is 22.8. The Balaban J connectivity index is 0.000000785. The van der Waals surface area contributed by atoms with Gasteiger partial charge in [-0.25, -0.2) is 4.98 Å². The van der Waals surface area contributed by atoms with Gasteiger partial charge in [0.2, 0.25) is 0 Å². The molecule has 31 heavy (non-hydrogen) atoms. The van der Waals surface area contributed by atoms with Gasteiger partial charge in [0.25, 0.3) is 5.09 Å². The summed E-state index contributed by atoms with van der Waals surface area (Å²) in [5.74, 6) is 1.06. The summed E-state index contributed by atoms with van der Waals surface area (Å²) in [5, 5.41) is 19.2. The summed E-state index contributed by atoms with van der Waals surface area (Å²) in [7, 11) is 0. The van der Waals surface area contributed by atoms with E-state index in [0.717, 1.165) is 28.6 Å². The summed E-state index contributed by atoms with van der Waals surface area (Å²) in [6, 6.07) is 11.7. The van der Waals surface area contributed by atoms with Gasteiger partial charge in [0.1, 0.15) is 18.4 Å². The van der Waals surface area contributed by atoms with Crippen molar-refractivity contribution in [2.75, 3.05) is 6.61 Å². The molecule has 0 aliphatic rings. The van der Waals surface area contributed by atoms with Crippen LogP contribution in [0.1, 0.15) is 29.9 Å². The topological polar surface area (TPSA) is 103 Å². The maximum atomic E-state index is 8.36. The maximum Gasteiger partial charge on any atom is 0.291 e. The van der Waals surface area contributed by atoms with E-state index in [0.29, 0.717) is 23.2 Å². The summed E-state index contributed by atoms with van der Waals surface area (Å²) in [5.41, 5.74) is 2.26. The predicted octanol–water partition coefficient (Wildman–Crippen LogP) is 5.95. The number of aryl methyl sites for hydroxylation is 1. The first kappa shape index (κ1) is 24.9. The van der Waals surface area contributed by atoms with Crippen LogP contribution in [-0.2, 0) is 6.54 Å². The number of benzene rings is 2. The minimum atomic E-state index is -1.50. The molecule has 0 amide bonds. The average molecular weight is 532 g/mol. The Hall–Kier alpha value is -2.36. The molecule has 1 unspecified atom stereocenters. The predicted molar refractivity (Wildman–Crippen MR) is 122 cm³/mol. The van der Waals surface area contributed by atoms with Crippen molar-refractivity contribution < 1.29 is 15.0 Å². The van der Waals surface area contributed by atoms with Gasteiger partial charge in [-0.3, -0.25) is 4.68 Å². The number of nitrogens with zero attached hydrogens (tertiary/aromatic N) is 4. The lowest BCUT2D eigenvalue weighted by atomic mass is 9.94. The highest BCUT2D eigenvalue weighted by Gasteiger charge is 2.16. The first-order valence-corrected chi connectivity index (χ1v) is 10.8. The van der Waals surface area contributed by atoms with Crippen LogP contribution in [0.5, 0.6) is 5.75 Å². The molecule has 2 aromatic carbocycles. The third kappa shape index (κ3) is 8.72. The van der Waals surface area contributed by atoms with Crippen molar-refractivity contribution in [2.24, 2.45) is 0 Å². The Bertz CT molecular complexity index is 985. The van der Waals surface area contributed by atoms with Crippen molar-refractivity contribution in [1.82, 2.24) is 14.8 Å². The number of hydrogen-bond acceptors (Lipinski definition) is 5. The highest BCUT2D eigenvalue weighted by Crippen LogP contribution is 2.32. The van der Waals surface area contributed by atoms with Crippen LogP contribution in [0.2, 0.25) is 10.0 Å². The van der Waals surface area contributed by atoms with Gasteiger partial charge in [0.05, 0.1) is 11.1 Å². The van der Waals surface area contributed by atoms with Crippen LogP contribution < -0.4 is 4.74 Å². The van der Waals surface area contributed by atoms with E-state index in [9.17, 15) is 0 Å². The van der Waals surface area contributed by atoms with E-state index in [1.165, 1.54) is 5.56 Å². The molecule has 1 atom stereocenters. The van der Waals surface area contributed by atoms with E-state index < -0.39 is 5.09 Å². The normalized spacial score (nSPS) is 11.4. The van der Waals surface area contributed by atoms with Gasteiger partial charge in [-0.2, -0.15) is 5.10 Å². The lowest BCUT2D eigenvalue weighted by Gasteiger charge is -2.19. The van der Waals surface area contributed by atoms with Crippen LogP contribution in [-0.4, -0.2) is 31.7 Å². The van der Waals surface area contributed by atoms with E-state index in [1.54, 1.807) is 18.7 Å². The van der Waals surface area contributed by atoms with Gasteiger partial charge in [-0.15, -0.1) is 10.1 Å². The number of rotatable bonds is 8. The monoisotopic (exact) mass is 530 g/mol. The minimum absolute atomic E-state index is 0.196. The molecule has 0 fully saturated rings. The molecule has 3 aromatic rings. The fourth-order valence-corrected chi connectivity index (χ4v) is 4.14. The molecule has 1 N–H and O–H groups in total. The third-order valence-corrected chi connectivity index (χ3v) is 5.50. The van der Waals surface area contributed by atoms with Crippen LogP contribution >= 0.6 is 39.1 Å². The molecule has 1 aromatic heterocycles. The van der Waals surface area contributed by atoms with Crippen molar-refractivity contribution in [3.05, 3.63) is 84.8 Å². The molecule has 0 spiro atoms. The summed E-state index contributed by atoms with van der Waals surface area (Å²) in [6.07, 6.45) is 5.05. The summed E-state index contributed by atoms with van der Waals surface area (Å²) >= 11 is 16.0. The van der Waals surface area contributed by atoms with E-state index in [2.05, 4.69) is 39.0 Å². The van der Waals surface area contributed by atoms with Gasteiger partial charge >= 0.3 is 0 Å². The van der Waals surface area contributed by atoms with Crippen molar-refractivity contribution in [1.29, 1.82) is 0 Å². The van der Waals surface area contributed by atoms with Crippen LogP contribution in [0.15, 0.2) is 53.5 Å². The molecule has 0 bridgehead atoms. The summed E-state index contributed by atoms with van der Waals surface area (Å²) in [6.45, 7) is 3.38. The lowest BCUT2D eigenvalue weighted by Crippen LogP contribution is -2.12. The van der Waals surface area contributed by atoms with Gasteiger partial charge in [-0.1, -0.05) is 35.3 Å². The fourth-order valence-electron chi connectivity index (χ4n) is 2.97. The zero-order valence-electron chi connectivity index (χ0n) is 16.6. The van der Waals surface area contributed by atoms with Crippen LogP contribution in [0.25, 0.3) is 0 Å². The lowest BCUT2D eigenvalue weighted by molar-refractivity contribution is -0.742. The second-order valence-electron chi connectivity index (χ2n) is 6.64. The standard InChI is InChI=1S/C20H20BrCl2N3O.HNO3/c1-14-4-7-20(18(21)9-14)27-8-2-3-15(11-26-13-24-12-25-26)17-6-5-16(22)10-19(17)23;2-1(3)4/h4-7,9-10,12-13,15H,2-3,8,11H2,1H3;(H,2,3,4). The van der Waals surface area contributed by atoms with Crippen LogP contribution in [0.3, 0.4) is 0 Å². The molecule has 0 saturated heterocycles. The number of aromatic nitrogens is 3. The second-order valence-corrected chi connectivity index (χ2v) is 8.34. The third-order valence-electron chi connectivity index (χ3n) is 4.32. The average Bonchev–Trinajstić information content (AvgIpc) is 3.18. The Labute approximate surface area is 198 Å². The fraction of sp³-hybridized carbons (Fsp3) is 0.300. The van der Waals surface area contributed by atoms with E-state index in [-0.39, 0.29) is 5.92 Å². The Morgan fingerprint density at radius 3 is 2.65 bits per heavy atom. The highest BCUT2D eigenvalue weighted by atomic mass is 79.9. The van der Waals surface area contributed by atoms with Gasteiger partial charge in [0.15, 0.2) is 0 Å². The molecule has 0 radical (unpaired) electrons. The molecule has 1 heterocycles. The van der Waals surface area contributed by atoms with Gasteiger partial charge < -0.3 is 9.94 Å². The van der Waals surface area contributed by atoms with Gasteiger partial charge in [-0.05, 0) is 71.1 Å². The number of hydrogen-bond donors (Lipinski definition) is 1. The molecule has 166 valence electrons. The molecular formula is C20H21BrCl2N4O4. The molecule has 3 rings (SSSR count). The van der Waals surface area contributed by atoms with Crippen LogP contribution in [0, 0.1) is 17.0 Å². The summed E-state index contributed by atoms with van der Waals surface area (Å²) < 4.78 is 8.73. The zero-order valence-corrected chi connectivity index (χ0v) is 19.7. The quantitative estimate of drug-likeness (QED) is 0.219. The number of halogens is 3. The van der Waals surface area contributed by atoms with E-state index in [1.807, 2.05) is 28.9 Å². The summed E-state index contributed by atoms with van der Waals surface area (Å²) in [4.78, 5) is 12.4. The molecule has 0 aliphatic heterocycles. The first-order chi connectivity index (χ1) is 14.8.